The molecule has 2 rings (SSSR count). The van der Waals surface area contributed by atoms with Crippen LogP contribution < -0.4 is 5.32 Å². The van der Waals surface area contributed by atoms with E-state index >= 15 is 0 Å². The molecule has 0 aliphatic carbocycles. The van der Waals surface area contributed by atoms with E-state index in [1.165, 1.54) is 18.1 Å². The SMILES string of the molecule is CC(=O)Nc1ccc(-c2ccc(C(C)(C)C)cc2)cc1. The van der Waals surface area contributed by atoms with Gasteiger partial charge in [0.1, 0.15) is 0 Å². The Morgan fingerprint density at radius 3 is 1.70 bits per heavy atom. The van der Waals surface area contributed by atoms with E-state index in [0.717, 1.165) is 11.3 Å². The number of hydrogen-bond acceptors (Lipinski definition) is 1. The zero-order valence-corrected chi connectivity index (χ0v) is 12.5. The highest BCUT2D eigenvalue weighted by Crippen LogP contribution is 2.26. The van der Waals surface area contributed by atoms with Gasteiger partial charge in [-0.1, -0.05) is 57.2 Å². The van der Waals surface area contributed by atoms with Gasteiger partial charge in [0.05, 0.1) is 0 Å². The van der Waals surface area contributed by atoms with E-state index in [0.29, 0.717) is 0 Å². The Morgan fingerprint density at radius 1 is 0.850 bits per heavy atom. The Kier molecular flexibility index (Phi) is 3.93. The molecule has 0 fully saturated rings. The topological polar surface area (TPSA) is 29.1 Å². The molecule has 2 aromatic carbocycles. The van der Waals surface area contributed by atoms with Crippen LogP contribution >= 0.6 is 0 Å². The van der Waals surface area contributed by atoms with Crippen LogP contribution in [0.5, 0.6) is 0 Å². The molecule has 0 heterocycles. The van der Waals surface area contributed by atoms with E-state index in [1.54, 1.807) is 0 Å². The predicted octanol–water partition coefficient (Wildman–Crippen LogP) is 4.61. The molecule has 0 saturated heterocycles. The minimum atomic E-state index is -0.0488. The highest BCUT2D eigenvalue weighted by atomic mass is 16.1. The smallest absolute Gasteiger partial charge is 0.221 e. The molecule has 0 bridgehead atoms. The lowest BCUT2D eigenvalue weighted by atomic mass is 9.86. The van der Waals surface area contributed by atoms with E-state index in [9.17, 15) is 4.79 Å². The molecule has 0 aromatic heterocycles. The maximum Gasteiger partial charge on any atom is 0.221 e. The first-order chi connectivity index (χ1) is 9.36. The molecule has 1 N–H and O–H groups in total. The molecule has 20 heavy (non-hydrogen) atoms. The summed E-state index contributed by atoms with van der Waals surface area (Å²) in [5.41, 5.74) is 4.67. The number of carbonyl (C=O) groups excluding carboxylic acids is 1. The third-order valence-corrected chi connectivity index (χ3v) is 3.29. The van der Waals surface area contributed by atoms with Crippen molar-refractivity contribution in [3.8, 4) is 11.1 Å². The second-order valence-electron chi connectivity index (χ2n) is 6.09. The lowest BCUT2D eigenvalue weighted by molar-refractivity contribution is -0.114. The molecule has 0 atom stereocenters. The van der Waals surface area contributed by atoms with Gasteiger partial charge in [-0.2, -0.15) is 0 Å². The lowest BCUT2D eigenvalue weighted by Gasteiger charge is -2.19. The zero-order chi connectivity index (χ0) is 14.8. The van der Waals surface area contributed by atoms with Crippen LogP contribution in [0.3, 0.4) is 0 Å². The van der Waals surface area contributed by atoms with Crippen molar-refractivity contribution < 1.29 is 4.79 Å². The van der Waals surface area contributed by atoms with Crippen LogP contribution in [0.2, 0.25) is 0 Å². The van der Waals surface area contributed by atoms with E-state index in [1.807, 2.05) is 24.3 Å². The average Bonchev–Trinajstić information content (AvgIpc) is 2.38. The molecule has 1 amide bonds. The van der Waals surface area contributed by atoms with Crippen molar-refractivity contribution in [2.75, 3.05) is 5.32 Å². The van der Waals surface area contributed by atoms with E-state index in [-0.39, 0.29) is 11.3 Å². The van der Waals surface area contributed by atoms with E-state index in [2.05, 4.69) is 50.4 Å². The van der Waals surface area contributed by atoms with Crippen molar-refractivity contribution in [1.29, 1.82) is 0 Å². The first-order valence-electron chi connectivity index (χ1n) is 6.85. The van der Waals surface area contributed by atoms with E-state index < -0.39 is 0 Å². The van der Waals surface area contributed by atoms with Gasteiger partial charge in [-0.3, -0.25) is 4.79 Å². The monoisotopic (exact) mass is 267 g/mol. The van der Waals surface area contributed by atoms with Gasteiger partial charge >= 0.3 is 0 Å². The van der Waals surface area contributed by atoms with Crippen LogP contribution in [0, 0.1) is 0 Å². The number of hydrogen-bond donors (Lipinski definition) is 1. The number of anilines is 1. The average molecular weight is 267 g/mol. The molecule has 0 unspecified atom stereocenters. The van der Waals surface area contributed by atoms with Crippen LogP contribution in [0.4, 0.5) is 5.69 Å². The number of nitrogens with one attached hydrogen (secondary N) is 1. The van der Waals surface area contributed by atoms with Crippen molar-refractivity contribution in [2.45, 2.75) is 33.1 Å². The maximum absolute atomic E-state index is 11.0. The van der Waals surface area contributed by atoms with Gasteiger partial charge in [0, 0.05) is 12.6 Å². The summed E-state index contributed by atoms with van der Waals surface area (Å²) in [5.74, 6) is -0.0488. The largest absolute Gasteiger partial charge is 0.326 e. The Bertz CT molecular complexity index is 589. The van der Waals surface area contributed by atoms with Crippen LogP contribution in [0.15, 0.2) is 48.5 Å². The van der Waals surface area contributed by atoms with Gasteiger partial charge < -0.3 is 5.32 Å². The molecule has 0 aliphatic rings. The Hall–Kier alpha value is -2.09. The highest BCUT2D eigenvalue weighted by molar-refractivity contribution is 5.89. The molecule has 2 aromatic rings. The fourth-order valence-electron chi connectivity index (χ4n) is 2.11. The summed E-state index contributed by atoms with van der Waals surface area (Å²) in [6, 6.07) is 16.5. The summed E-state index contributed by atoms with van der Waals surface area (Å²) < 4.78 is 0. The lowest BCUT2D eigenvalue weighted by Crippen LogP contribution is -2.10. The number of carbonyl (C=O) groups is 1. The first-order valence-corrected chi connectivity index (χ1v) is 6.85. The fourth-order valence-corrected chi connectivity index (χ4v) is 2.11. The minimum absolute atomic E-state index is 0.0488. The summed E-state index contributed by atoms with van der Waals surface area (Å²) in [6.07, 6.45) is 0. The number of benzene rings is 2. The van der Waals surface area contributed by atoms with Gasteiger partial charge in [-0.15, -0.1) is 0 Å². The van der Waals surface area contributed by atoms with Gasteiger partial charge in [0.2, 0.25) is 5.91 Å². The molecular weight excluding hydrogens is 246 g/mol. The minimum Gasteiger partial charge on any atom is -0.326 e. The molecule has 2 heteroatoms. The third-order valence-electron chi connectivity index (χ3n) is 3.29. The molecule has 0 spiro atoms. The molecule has 104 valence electrons. The maximum atomic E-state index is 11.0. The van der Waals surface area contributed by atoms with Crippen molar-refractivity contribution in [3.63, 3.8) is 0 Å². The third kappa shape index (κ3) is 3.47. The normalized spacial score (nSPS) is 11.2. The summed E-state index contributed by atoms with van der Waals surface area (Å²) in [5, 5.41) is 2.77. The van der Waals surface area contributed by atoms with Crippen LogP contribution in [0.1, 0.15) is 33.3 Å². The molecule has 0 aliphatic heterocycles. The summed E-state index contributed by atoms with van der Waals surface area (Å²) >= 11 is 0. The highest BCUT2D eigenvalue weighted by Gasteiger charge is 2.12. The molecule has 0 saturated carbocycles. The Labute approximate surface area is 120 Å². The number of amides is 1. The van der Waals surface area contributed by atoms with E-state index in [4.69, 9.17) is 0 Å². The molecule has 2 nitrogen and oxygen atoms in total. The number of rotatable bonds is 2. The standard InChI is InChI=1S/C18H21NO/c1-13(20)19-17-11-7-15(8-12-17)14-5-9-16(10-6-14)18(2,3)4/h5-12H,1-4H3,(H,19,20). The summed E-state index contributed by atoms with van der Waals surface area (Å²) in [4.78, 5) is 11.0. The summed E-state index contributed by atoms with van der Waals surface area (Å²) in [6.45, 7) is 8.15. The second-order valence-corrected chi connectivity index (χ2v) is 6.09. The molecule has 0 radical (unpaired) electrons. The second kappa shape index (κ2) is 5.49. The van der Waals surface area contributed by atoms with Crippen molar-refractivity contribution >= 4 is 11.6 Å². The zero-order valence-electron chi connectivity index (χ0n) is 12.5. The van der Waals surface area contributed by atoms with Crippen molar-refractivity contribution in [2.24, 2.45) is 0 Å². The van der Waals surface area contributed by atoms with Gasteiger partial charge in [-0.05, 0) is 34.2 Å². The predicted molar refractivity (Wildman–Crippen MR) is 84.9 cm³/mol. The van der Waals surface area contributed by atoms with Crippen molar-refractivity contribution in [3.05, 3.63) is 54.1 Å². The van der Waals surface area contributed by atoms with Crippen LogP contribution in [0.25, 0.3) is 11.1 Å². The first kappa shape index (κ1) is 14.3. The Morgan fingerprint density at radius 2 is 1.30 bits per heavy atom. The quantitative estimate of drug-likeness (QED) is 0.845. The van der Waals surface area contributed by atoms with Crippen LogP contribution in [-0.2, 0) is 10.2 Å². The van der Waals surface area contributed by atoms with Gasteiger partial charge in [-0.25, -0.2) is 0 Å². The molecular formula is C18H21NO. The summed E-state index contributed by atoms with van der Waals surface area (Å²) in [7, 11) is 0. The van der Waals surface area contributed by atoms with Gasteiger partial charge in [0.15, 0.2) is 0 Å². The Balaban J connectivity index is 2.21. The van der Waals surface area contributed by atoms with Crippen molar-refractivity contribution in [1.82, 2.24) is 0 Å². The fraction of sp³-hybridized carbons (Fsp3) is 0.278. The van der Waals surface area contributed by atoms with Crippen LogP contribution in [-0.4, -0.2) is 5.91 Å². The van der Waals surface area contributed by atoms with Gasteiger partial charge in [0.25, 0.3) is 0 Å².